The highest BCUT2D eigenvalue weighted by Crippen LogP contribution is 2.30. The lowest BCUT2D eigenvalue weighted by Gasteiger charge is -2.27. The minimum atomic E-state index is -5.08. The standard InChI is InChI=1S/C30H34FN7O2.C2HF3O2/c31-24-10-8-23(9-11-24)26-4-1-2-5-27(26)40-21-3-15-33-28-35-29(34-16-14-22-6-12-25(39)13-7-22)37-30(36-28)38-19-17-32-18-20-38;3-2(4,5)1(6)7/h1-2,4-13,32,39H,3,14-21H2,(H2,33,34,35,36,37);(H,6,7). The SMILES string of the molecule is O=C(O)C(F)(F)F.Oc1ccc(CCNc2nc(NCCCOc3ccccc3-c3ccc(F)cc3)nc(N3CCNCC3)n2)cc1. The number of piperazine rings is 1. The number of hydrogen-bond acceptors (Lipinski definition) is 10. The number of carbonyl (C=O) groups is 1. The number of carboxylic acid groups (broad SMARTS) is 1. The molecule has 5 N–H and O–H groups in total. The predicted octanol–water partition coefficient (Wildman–Crippen LogP) is 4.96. The van der Waals surface area contributed by atoms with E-state index >= 15 is 0 Å². The maximum absolute atomic E-state index is 13.4. The van der Waals surface area contributed by atoms with Crippen LogP contribution in [0.1, 0.15) is 12.0 Å². The summed E-state index contributed by atoms with van der Waals surface area (Å²) in [6, 6.07) is 21.4. The number of carboxylic acids is 1. The summed E-state index contributed by atoms with van der Waals surface area (Å²) < 4.78 is 51.2. The minimum Gasteiger partial charge on any atom is -0.508 e. The van der Waals surface area contributed by atoms with E-state index in [0.29, 0.717) is 37.5 Å². The van der Waals surface area contributed by atoms with Gasteiger partial charge in [0, 0.05) is 44.8 Å². The van der Waals surface area contributed by atoms with Gasteiger partial charge in [-0.2, -0.15) is 28.1 Å². The largest absolute Gasteiger partial charge is 0.508 e. The summed E-state index contributed by atoms with van der Waals surface area (Å²) >= 11 is 0. The van der Waals surface area contributed by atoms with E-state index in [1.165, 1.54) is 12.1 Å². The fourth-order valence-electron chi connectivity index (χ4n) is 4.43. The van der Waals surface area contributed by atoms with Crippen molar-refractivity contribution in [2.24, 2.45) is 0 Å². The number of benzene rings is 3. The van der Waals surface area contributed by atoms with E-state index in [1.807, 2.05) is 36.4 Å². The summed E-state index contributed by atoms with van der Waals surface area (Å²) in [5, 5.41) is 26.6. The predicted molar refractivity (Wildman–Crippen MR) is 169 cm³/mol. The summed E-state index contributed by atoms with van der Waals surface area (Å²) in [5.74, 6) is -0.314. The summed E-state index contributed by atoms with van der Waals surface area (Å²) in [7, 11) is 0. The maximum Gasteiger partial charge on any atom is 0.490 e. The van der Waals surface area contributed by atoms with E-state index in [-0.39, 0.29) is 11.6 Å². The second kappa shape index (κ2) is 16.9. The quantitative estimate of drug-likeness (QED) is 0.104. The third-order valence-electron chi connectivity index (χ3n) is 6.80. The average Bonchev–Trinajstić information content (AvgIpc) is 3.06. The Morgan fingerprint density at radius 3 is 2.15 bits per heavy atom. The zero-order valence-electron chi connectivity index (χ0n) is 25.3. The first-order valence-electron chi connectivity index (χ1n) is 14.8. The van der Waals surface area contributed by atoms with E-state index in [1.54, 1.807) is 24.3 Å². The highest BCUT2D eigenvalue weighted by atomic mass is 19.4. The van der Waals surface area contributed by atoms with Crippen molar-refractivity contribution in [3.8, 4) is 22.6 Å². The highest BCUT2D eigenvalue weighted by molar-refractivity contribution is 5.73. The van der Waals surface area contributed by atoms with E-state index in [9.17, 15) is 22.7 Å². The van der Waals surface area contributed by atoms with Crippen molar-refractivity contribution in [3.05, 3.63) is 84.2 Å². The first-order valence-corrected chi connectivity index (χ1v) is 14.8. The number of aromatic hydroxyl groups is 1. The number of phenols is 1. The van der Waals surface area contributed by atoms with Gasteiger partial charge in [-0.05, 0) is 54.3 Å². The van der Waals surface area contributed by atoms with Gasteiger partial charge < -0.3 is 35.8 Å². The van der Waals surface area contributed by atoms with Gasteiger partial charge in [-0.25, -0.2) is 9.18 Å². The number of aromatic nitrogens is 3. The van der Waals surface area contributed by atoms with Gasteiger partial charge in [0.2, 0.25) is 17.8 Å². The molecule has 5 rings (SSSR count). The lowest BCUT2D eigenvalue weighted by Crippen LogP contribution is -2.44. The molecule has 0 amide bonds. The lowest BCUT2D eigenvalue weighted by atomic mass is 10.0. The molecule has 0 atom stereocenters. The van der Waals surface area contributed by atoms with E-state index in [2.05, 4.69) is 35.8 Å². The van der Waals surface area contributed by atoms with Crippen LogP contribution in [-0.4, -0.2) is 83.2 Å². The molecule has 3 aromatic carbocycles. The number of nitrogens with zero attached hydrogens (tertiary/aromatic N) is 4. The molecule has 1 aliphatic heterocycles. The van der Waals surface area contributed by atoms with Crippen LogP contribution in [0.15, 0.2) is 72.8 Å². The lowest BCUT2D eigenvalue weighted by molar-refractivity contribution is -0.192. The second-order valence-corrected chi connectivity index (χ2v) is 10.3. The number of phenolic OH excluding ortho intramolecular Hbond substituents is 1. The molecule has 15 heteroatoms. The van der Waals surface area contributed by atoms with Crippen LogP contribution in [0.25, 0.3) is 11.1 Å². The number of anilines is 3. The van der Waals surface area contributed by atoms with Crippen LogP contribution < -0.4 is 25.6 Å². The summed E-state index contributed by atoms with van der Waals surface area (Å²) in [6.45, 7) is 5.20. The molecule has 0 unspecified atom stereocenters. The topological polar surface area (TPSA) is 145 Å². The molecule has 250 valence electrons. The smallest absolute Gasteiger partial charge is 0.490 e. The maximum atomic E-state index is 13.4. The Bertz CT molecular complexity index is 1570. The molecule has 0 radical (unpaired) electrons. The third kappa shape index (κ3) is 11.3. The Hall–Kier alpha value is -5.18. The minimum absolute atomic E-state index is 0.257. The van der Waals surface area contributed by atoms with Crippen LogP contribution in [0.2, 0.25) is 0 Å². The molecule has 0 saturated carbocycles. The highest BCUT2D eigenvalue weighted by Gasteiger charge is 2.38. The van der Waals surface area contributed by atoms with Crippen LogP contribution in [0, 0.1) is 5.82 Å². The number of halogens is 4. The van der Waals surface area contributed by atoms with Crippen molar-refractivity contribution in [1.29, 1.82) is 0 Å². The zero-order chi connectivity index (χ0) is 33.6. The average molecular weight is 658 g/mol. The van der Waals surface area contributed by atoms with Crippen molar-refractivity contribution in [2.75, 3.05) is 61.4 Å². The van der Waals surface area contributed by atoms with Crippen LogP contribution in [0.5, 0.6) is 11.5 Å². The van der Waals surface area contributed by atoms with Gasteiger partial charge in [-0.3, -0.25) is 0 Å². The molecule has 0 aliphatic carbocycles. The molecular weight excluding hydrogens is 622 g/mol. The Kier molecular flexibility index (Phi) is 12.5. The Balaban J connectivity index is 0.000000644. The number of nitrogens with one attached hydrogen (secondary N) is 3. The van der Waals surface area contributed by atoms with Gasteiger partial charge in [0.15, 0.2) is 0 Å². The van der Waals surface area contributed by atoms with Crippen molar-refractivity contribution in [2.45, 2.75) is 19.0 Å². The number of rotatable bonds is 12. The fraction of sp³-hybridized carbons (Fsp3) is 0.312. The second-order valence-electron chi connectivity index (χ2n) is 10.3. The summed E-state index contributed by atoms with van der Waals surface area (Å²) in [6.07, 6.45) is -3.58. The molecular formula is C32H35F4N7O4. The normalized spacial score (nSPS) is 12.9. The Morgan fingerprint density at radius 1 is 0.894 bits per heavy atom. The number of aliphatic carboxylic acids is 1. The van der Waals surface area contributed by atoms with Crippen LogP contribution in [-0.2, 0) is 11.2 Å². The number of ether oxygens (including phenoxy) is 1. The molecule has 1 fully saturated rings. The van der Waals surface area contributed by atoms with Crippen molar-refractivity contribution < 1.29 is 37.3 Å². The Morgan fingerprint density at radius 2 is 1.51 bits per heavy atom. The first-order chi connectivity index (χ1) is 22.6. The first kappa shape index (κ1) is 34.7. The van der Waals surface area contributed by atoms with E-state index < -0.39 is 12.1 Å². The van der Waals surface area contributed by atoms with Crippen molar-refractivity contribution >= 4 is 23.8 Å². The molecule has 1 aromatic heterocycles. The van der Waals surface area contributed by atoms with Crippen LogP contribution in [0.3, 0.4) is 0 Å². The van der Waals surface area contributed by atoms with E-state index in [0.717, 1.165) is 61.5 Å². The van der Waals surface area contributed by atoms with E-state index in [4.69, 9.17) is 14.6 Å². The van der Waals surface area contributed by atoms with Crippen LogP contribution in [0.4, 0.5) is 35.4 Å². The van der Waals surface area contributed by atoms with Gasteiger partial charge in [-0.15, -0.1) is 0 Å². The monoisotopic (exact) mass is 657 g/mol. The fourth-order valence-corrected chi connectivity index (χ4v) is 4.43. The molecule has 0 bridgehead atoms. The molecule has 11 nitrogen and oxygen atoms in total. The van der Waals surface area contributed by atoms with Gasteiger partial charge in [-0.1, -0.05) is 42.5 Å². The summed E-state index contributed by atoms with van der Waals surface area (Å²) in [5.41, 5.74) is 2.95. The number of hydrogen-bond donors (Lipinski definition) is 5. The number of alkyl halides is 3. The van der Waals surface area contributed by atoms with Gasteiger partial charge >= 0.3 is 12.1 Å². The van der Waals surface area contributed by atoms with Crippen LogP contribution >= 0.6 is 0 Å². The molecule has 1 saturated heterocycles. The Labute approximate surface area is 268 Å². The summed E-state index contributed by atoms with van der Waals surface area (Å²) in [4.78, 5) is 25.0. The third-order valence-corrected chi connectivity index (χ3v) is 6.80. The van der Waals surface area contributed by atoms with Gasteiger partial charge in [0.05, 0.1) is 6.61 Å². The molecule has 47 heavy (non-hydrogen) atoms. The van der Waals surface area contributed by atoms with Crippen molar-refractivity contribution in [1.82, 2.24) is 20.3 Å². The number of para-hydroxylation sites is 1. The van der Waals surface area contributed by atoms with Gasteiger partial charge in [0.1, 0.15) is 17.3 Å². The van der Waals surface area contributed by atoms with Crippen molar-refractivity contribution in [3.63, 3.8) is 0 Å². The molecule has 1 aliphatic rings. The molecule has 0 spiro atoms. The molecule has 2 heterocycles. The van der Waals surface area contributed by atoms with Gasteiger partial charge in [0.25, 0.3) is 0 Å². The zero-order valence-corrected chi connectivity index (χ0v) is 25.3. The molecule has 4 aromatic rings.